The van der Waals surface area contributed by atoms with Crippen molar-refractivity contribution in [2.45, 2.75) is 6.92 Å². The van der Waals surface area contributed by atoms with Crippen molar-refractivity contribution in [3.63, 3.8) is 0 Å². The van der Waals surface area contributed by atoms with E-state index in [4.69, 9.17) is 10.2 Å². The molecule has 0 fully saturated rings. The Morgan fingerprint density at radius 2 is 2.13 bits per heavy atom. The largest absolute Gasteiger partial charge is 0.463 e. The van der Waals surface area contributed by atoms with Gasteiger partial charge in [-0.2, -0.15) is 0 Å². The molecule has 0 aliphatic heterocycles. The van der Waals surface area contributed by atoms with Gasteiger partial charge in [0.05, 0.1) is 5.39 Å². The third-order valence-electron chi connectivity index (χ3n) is 2.19. The molecule has 0 atom stereocenters. The zero-order chi connectivity index (χ0) is 11.0. The molecule has 4 nitrogen and oxygen atoms in total. The van der Waals surface area contributed by atoms with Crippen molar-refractivity contribution in [3.05, 3.63) is 45.8 Å². The molecule has 2 N–H and O–H groups in total. The summed E-state index contributed by atoms with van der Waals surface area (Å²) < 4.78 is 5.14. The molecule has 0 saturated carbocycles. The summed E-state index contributed by atoms with van der Waals surface area (Å²) in [7, 11) is 0. The molecular formula is C11H9NO3. The van der Waals surface area contributed by atoms with Crippen LogP contribution in [0.2, 0.25) is 0 Å². The normalized spacial score (nSPS) is 10.5. The summed E-state index contributed by atoms with van der Waals surface area (Å²) in [5.41, 5.74) is 5.93. The van der Waals surface area contributed by atoms with Gasteiger partial charge in [0.15, 0.2) is 0 Å². The highest BCUT2D eigenvalue weighted by atomic mass is 16.3. The van der Waals surface area contributed by atoms with Gasteiger partial charge in [-0.15, -0.1) is 0 Å². The average molecular weight is 203 g/mol. The molecule has 0 bridgehead atoms. The molecular weight excluding hydrogens is 194 g/mol. The zero-order valence-electron chi connectivity index (χ0n) is 8.11. The second kappa shape index (κ2) is 3.24. The summed E-state index contributed by atoms with van der Waals surface area (Å²) in [6, 6.07) is 5.19. The molecule has 0 aliphatic carbocycles. The van der Waals surface area contributed by atoms with Gasteiger partial charge in [-0.25, -0.2) is 0 Å². The van der Waals surface area contributed by atoms with E-state index in [9.17, 15) is 9.59 Å². The molecule has 1 aromatic carbocycles. The van der Waals surface area contributed by atoms with Gasteiger partial charge in [-0.1, -0.05) is 11.6 Å². The molecule has 2 aromatic rings. The van der Waals surface area contributed by atoms with E-state index in [1.54, 1.807) is 12.1 Å². The fourth-order valence-electron chi connectivity index (χ4n) is 1.42. The van der Waals surface area contributed by atoms with Crippen molar-refractivity contribution >= 4 is 16.9 Å². The van der Waals surface area contributed by atoms with Gasteiger partial charge in [0.25, 0.3) is 5.91 Å². The van der Waals surface area contributed by atoms with E-state index in [2.05, 4.69) is 0 Å². The minimum Gasteiger partial charge on any atom is -0.463 e. The Labute approximate surface area is 85.3 Å². The number of hydrogen-bond donors (Lipinski definition) is 1. The highest BCUT2D eigenvalue weighted by Gasteiger charge is 2.10. The van der Waals surface area contributed by atoms with Crippen LogP contribution in [0.5, 0.6) is 0 Å². The number of primary amides is 1. The molecule has 0 radical (unpaired) electrons. The number of benzene rings is 1. The lowest BCUT2D eigenvalue weighted by Crippen LogP contribution is -2.21. The third-order valence-corrected chi connectivity index (χ3v) is 2.19. The molecule has 0 spiro atoms. The first-order chi connectivity index (χ1) is 7.09. The predicted octanol–water partition coefficient (Wildman–Crippen LogP) is 1.20. The minimum atomic E-state index is -0.771. The maximum Gasteiger partial charge on any atom is 0.255 e. The number of amides is 1. The van der Waals surface area contributed by atoms with E-state index in [0.717, 1.165) is 11.8 Å². The summed E-state index contributed by atoms with van der Waals surface area (Å²) in [5, 5.41) is 0.381. The van der Waals surface area contributed by atoms with E-state index in [1.807, 2.05) is 13.0 Å². The molecule has 1 amide bonds. The first-order valence-corrected chi connectivity index (χ1v) is 4.41. The van der Waals surface area contributed by atoms with Crippen molar-refractivity contribution < 1.29 is 9.21 Å². The Morgan fingerprint density at radius 1 is 1.40 bits per heavy atom. The second-order valence-corrected chi connectivity index (χ2v) is 3.34. The summed E-state index contributed by atoms with van der Waals surface area (Å²) >= 11 is 0. The number of fused-ring (bicyclic) bond motifs is 1. The fraction of sp³-hybridized carbons (Fsp3) is 0.0909. The maximum absolute atomic E-state index is 11.8. The van der Waals surface area contributed by atoms with Gasteiger partial charge in [0.2, 0.25) is 5.43 Å². The smallest absolute Gasteiger partial charge is 0.255 e. The maximum atomic E-state index is 11.8. The summed E-state index contributed by atoms with van der Waals surface area (Å²) in [5.74, 6) is -0.771. The van der Waals surface area contributed by atoms with Gasteiger partial charge >= 0.3 is 0 Å². The zero-order valence-corrected chi connectivity index (χ0v) is 8.11. The molecule has 1 heterocycles. The van der Waals surface area contributed by atoms with Gasteiger partial charge < -0.3 is 10.2 Å². The number of carbonyl (C=O) groups excluding carboxylic acids is 1. The van der Waals surface area contributed by atoms with Crippen LogP contribution < -0.4 is 11.2 Å². The van der Waals surface area contributed by atoms with Gasteiger partial charge in [0.1, 0.15) is 17.4 Å². The summed E-state index contributed by atoms with van der Waals surface area (Å²) in [6.45, 7) is 1.86. The SMILES string of the molecule is Cc1ccc2occ(C(N)=O)c(=O)c2c1. The Kier molecular flexibility index (Phi) is 2.04. The van der Waals surface area contributed by atoms with Crippen LogP contribution in [-0.2, 0) is 0 Å². The van der Waals surface area contributed by atoms with Crippen LogP contribution in [0.4, 0.5) is 0 Å². The lowest BCUT2D eigenvalue weighted by Gasteiger charge is -1.99. The molecule has 4 heteroatoms. The van der Waals surface area contributed by atoms with E-state index in [-0.39, 0.29) is 11.0 Å². The highest BCUT2D eigenvalue weighted by molar-refractivity contribution is 5.95. The minimum absolute atomic E-state index is 0.117. The number of nitrogens with two attached hydrogens (primary N) is 1. The Hall–Kier alpha value is -2.10. The van der Waals surface area contributed by atoms with Gasteiger partial charge in [-0.05, 0) is 19.1 Å². The molecule has 15 heavy (non-hydrogen) atoms. The quantitative estimate of drug-likeness (QED) is 0.756. The molecule has 0 aliphatic rings. The second-order valence-electron chi connectivity index (χ2n) is 3.34. The predicted molar refractivity (Wildman–Crippen MR) is 55.7 cm³/mol. The van der Waals surface area contributed by atoms with E-state index in [1.165, 1.54) is 0 Å². The number of carbonyl (C=O) groups is 1. The number of rotatable bonds is 1. The van der Waals surface area contributed by atoms with Gasteiger partial charge in [-0.3, -0.25) is 9.59 Å². The molecule has 0 saturated heterocycles. The lowest BCUT2D eigenvalue weighted by molar-refractivity contribution is 0.0997. The average Bonchev–Trinajstić information content (AvgIpc) is 2.19. The lowest BCUT2D eigenvalue weighted by atomic mass is 10.1. The summed E-state index contributed by atoms with van der Waals surface area (Å²) in [6.07, 6.45) is 1.10. The molecule has 2 rings (SSSR count). The van der Waals surface area contributed by atoms with E-state index in [0.29, 0.717) is 11.0 Å². The molecule has 1 aromatic heterocycles. The van der Waals surface area contributed by atoms with Crippen LogP contribution in [0.3, 0.4) is 0 Å². The van der Waals surface area contributed by atoms with Gasteiger partial charge in [0, 0.05) is 0 Å². The molecule has 76 valence electrons. The van der Waals surface area contributed by atoms with Crippen molar-refractivity contribution in [1.82, 2.24) is 0 Å². The van der Waals surface area contributed by atoms with Crippen LogP contribution in [0.15, 0.2) is 33.7 Å². The van der Waals surface area contributed by atoms with Crippen molar-refractivity contribution in [2.75, 3.05) is 0 Å². The van der Waals surface area contributed by atoms with Crippen LogP contribution in [-0.4, -0.2) is 5.91 Å². The number of hydrogen-bond acceptors (Lipinski definition) is 3. The van der Waals surface area contributed by atoms with Crippen molar-refractivity contribution in [3.8, 4) is 0 Å². The monoisotopic (exact) mass is 203 g/mol. The third kappa shape index (κ3) is 1.50. The Bertz CT molecular complexity index is 598. The Balaban J connectivity index is 2.89. The highest BCUT2D eigenvalue weighted by Crippen LogP contribution is 2.12. The van der Waals surface area contributed by atoms with Crippen molar-refractivity contribution in [2.24, 2.45) is 5.73 Å². The first-order valence-electron chi connectivity index (χ1n) is 4.41. The van der Waals surface area contributed by atoms with Crippen LogP contribution >= 0.6 is 0 Å². The first kappa shape index (κ1) is 9.45. The Morgan fingerprint density at radius 3 is 2.80 bits per heavy atom. The topological polar surface area (TPSA) is 73.3 Å². The standard InChI is InChI=1S/C11H9NO3/c1-6-2-3-9-7(4-6)10(13)8(5-15-9)11(12)14/h2-5H,1H3,(H2,12,14). The fourth-order valence-corrected chi connectivity index (χ4v) is 1.42. The van der Waals surface area contributed by atoms with Crippen LogP contribution in [0, 0.1) is 6.92 Å². The molecule has 0 unspecified atom stereocenters. The van der Waals surface area contributed by atoms with E-state index < -0.39 is 5.91 Å². The van der Waals surface area contributed by atoms with Crippen LogP contribution in [0.1, 0.15) is 15.9 Å². The van der Waals surface area contributed by atoms with Crippen molar-refractivity contribution in [1.29, 1.82) is 0 Å². The van der Waals surface area contributed by atoms with Crippen LogP contribution in [0.25, 0.3) is 11.0 Å². The van der Waals surface area contributed by atoms with E-state index >= 15 is 0 Å². The summed E-state index contributed by atoms with van der Waals surface area (Å²) in [4.78, 5) is 22.7. The number of aryl methyl sites for hydroxylation is 1.